The molecule has 1 amide bonds. The minimum Gasteiger partial charge on any atom is -0.467 e. The fraction of sp³-hybridized carbons (Fsp3) is 0.235. The Morgan fingerprint density at radius 3 is 2.88 bits per heavy atom. The summed E-state index contributed by atoms with van der Waals surface area (Å²) in [6, 6.07) is 6.20. The molecule has 0 saturated heterocycles. The molecule has 1 atom stereocenters. The Bertz CT molecular complexity index is 1120. The smallest absolute Gasteiger partial charge is 0.291 e. The van der Waals surface area contributed by atoms with Gasteiger partial charge in [-0.2, -0.15) is 5.10 Å². The third kappa shape index (κ3) is 2.42. The van der Waals surface area contributed by atoms with Crippen LogP contribution in [0.3, 0.4) is 0 Å². The van der Waals surface area contributed by atoms with Crippen molar-refractivity contribution in [3.8, 4) is 0 Å². The topological polar surface area (TPSA) is 94.7 Å². The Morgan fingerprint density at radius 1 is 1.28 bits per heavy atom. The number of nitrogens with zero attached hydrogens (tertiary/aromatic N) is 3. The van der Waals surface area contributed by atoms with Crippen LogP contribution in [0, 0.1) is 6.92 Å². The molecule has 0 radical (unpaired) electrons. The van der Waals surface area contributed by atoms with Gasteiger partial charge >= 0.3 is 0 Å². The van der Waals surface area contributed by atoms with Gasteiger partial charge < -0.3 is 14.2 Å². The number of hydrogen-bond acceptors (Lipinski definition) is 5. The first-order valence-corrected chi connectivity index (χ1v) is 7.84. The number of aromatic nitrogens is 3. The average molecular weight is 340 g/mol. The number of amides is 1. The van der Waals surface area contributed by atoms with Crippen LogP contribution in [0.5, 0.6) is 0 Å². The van der Waals surface area contributed by atoms with Crippen LogP contribution >= 0.6 is 0 Å². The molecule has 4 aromatic heterocycles. The van der Waals surface area contributed by atoms with E-state index in [9.17, 15) is 9.59 Å². The largest absolute Gasteiger partial charge is 0.467 e. The van der Waals surface area contributed by atoms with Crippen molar-refractivity contribution < 1.29 is 13.6 Å². The Hall–Kier alpha value is -3.29. The van der Waals surface area contributed by atoms with Gasteiger partial charge in [-0.25, -0.2) is 4.68 Å². The van der Waals surface area contributed by atoms with E-state index in [4.69, 9.17) is 8.83 Å². The Labute approximate surface area is 141 Å². The van der Waals surface area contributed by atoms with Gasteiger partial charge in [-0.05, 0) is 26.0 Å². The molecule has 0 spiro atoms. The number of hydrogen-bond donors (Lipinski definition) is 1. The summed E-state index contributed by atoms with van der Waals surface area (Å²) >= 11 is 0. The molecule has 0 aliphatic carbocycles. The first-order chi connectivity index (χ1) is 12.1. The normalized spacial score (nSPS) is 12.7. The lowest BCUT2D eigenvalue weighted by molar-refractivity contribution is -0.124. The van der Waals surface area contributed by atoms with Crippen molar-refractivity contribution in [2.75, 3.05) is 0 Å². The average Bonchev–Trinajstić information content (AvgIpc) is 3.31. The molecule has 4 aromatic rings. The maximum Gasteiger partial charge on any atom is 0.291 e. The number of rotatable bonds is 4. The van der Waals surface area contributed by atoms with E-state index in [0.717, 1.165) is 5.52 Å². The maximum absolute atomic E-state index is 12.8. The minimum atomic E-state index is -0.757. The zero-order valence-corrected chi connectivity index (χ0v) is 13.7. The van der Waals surface area contributed by atoms with Crippen LogP contribution in [0.25, 0.3) is 16.6 Å². The maximum atomic E-state index is 12.8. The Kier molecular flexibility index (Phi) is 3.45. The highest BCUT2D eigenvalue weighted by molar-refractivity contribution is 5.83. The van der Waals surface area contributed by atoms with Gasteiger partial charge in [-0.3, -0.25) is 14.0 Å². The second kappa shape index (κ2) is 5.66. The summed E-state index contributed by atoms with van der Waals surface area (Å²) in [5, 5.41) is 7.05. The third-order valence-corrected chi connectivity index (χ3v) is 4.19. The molecule has 0 saturated carbocycles. The number of nitrogens with one attached hydrogen (secondary N) is 1. The number of aryl methyl sites for hydroxylation is 1. The molecule has 0 unspecified atom stereocenters. The predicted molar refractivity (Wildman–Crippen MR) is 89.2 cm³/mol. The van der Waals surface area contributed by atoms with Gasteiger partial charge in [-0.1, -0.05) is 0 Å². The highest BCUT2D eigenvalue weighted by atomic mass is 16.3. The zero-order chi connectivity index (χ0) is 17.6. The molecule has 0 fully saturated rings. The Balaban J connectivity index is 1.69. The van der Waals surface area contributed by atoms with E-state index in [0.29, 0.717) is 22.7 Å². The lowest BCUT2D eigenvalue weighted by Gasteiger charge is -2.15. The number of furan rings is 2. The van der Waals surface area contributed by atoms with Crippen molar-refractivity contribution in [3.63, 3.8) is 0 Å². The van der Waals surface area contributed by atoms with Gasteiger partial charge in [-0.15, -0.1) is 0 Å². The molecule has 0 aliphatic heterocycles. The summed E-state index contributed by atoms with van der Waals surface area (Å²) in [6.07, 6.45) is 3.10. The van der Waals surface area contributed by atoms with E-state index in [-0.39, 0.29) is 18.0 Å². The monoisotopic (exact) mass is 340 g/mol. The molecule has 8 heteroatoms. The lowest BCUT2D eigenvalue weighted by atomic mass is 10.3. The molecule has 8 nitrogen and oxygen atoms in total. The standard InChI is InChI=1S/C17H16N4O4/c1-10(16(22)18-9-12-4-3-6-24-12)21-17(23)14-8-15-13(5-7-25-15)20(14)11(2)19-21/h3-8,10H,9H2,1-2H3,(H,18,22)/t10-/m0/s1. The minimum absolute atomic E-state index is 0.254. The van der Waals surface area contributed by atoms with Gasteiger partial charge in [0.15, 0.2) is 5.58 Å². The first kappa shape index (κ1) is 15.3. The molecular weight excluding hydrogens is 324 g/mol. The summed E-state index contributed by atoms with van der Waals surface area (Å²) in [4.78, 5) is 25.1. The summed E-state index contributed by atoms with van der Waals surface area (Å²) in [6.45, 7) is 3.67. The van der Waals surface area contributed by atoms with Gasteiger partial charge in [0.05, 0.1) is 24.6 Å². The van der Waals surface area contributed by atoms with E-state index in [1.54, 1.807) is 48.8 Å². The molecule has 0 aromatic carbocycles. The van der Waals surface area contributed by atoms with Crippen molar-refractivity contribution in [3.05, 3.63) is 58.7 Å². The van der Waals surface area contributed by atoms with Gasteiger partial charge in [0.25, 0.3) is 5.56 Å². The quantitative estimate of drug-likeness (QED) is 0.613. The van der Waals surface area contributed by atoms with Gasteiger partial charge in [0.2, 0.25) is 5.91 Å². The van der Waals surface area contributed by atoms with Crippen LogP contribution in [0.15, 0.2) is 50.4 Å². The summed E-state index contributed by atoms with van der Waals surface area (Å²) in [5.41, 5.74) is 1.46. The van der Waals surface area contributed by atoms with Gasteiger partial charge in [0.1, 0.15) is 23.1 Å². The zero-order valence-electron chi connectivity index (χ0n) is 13.7. The van der Waals surface area contributed by atoms with E-state index < -0.39 is 6.04 Å². The highest BCUT2D eigenvalue weighted by Gasteiger charge is 2.21. The molecule has 0 aliphatic rings. The first-order valence-electron chi connectivity index (χ1n) is 7.84. The summed E-state index contributed by atoms with van der Waals surface area (Å²) < 4.78 is 13.5. The van der Waals surface area contributed by atoms with Crippen molar-refractivity contribution in [1.29, 1.82) is 0 Å². The van der Waals surface area contributed by atoms with E-state index in [2.05, 4.69) is 10.4 Å². The third-order valence-electron chi connectivity index (χ3n) is 4.19. The van der Waals surface area contributed by atoms with E-state index in [1.165, 1.54) is 10.9 Å². The molecule has 25 heavy (non-hydrogen) atoms. The van der Waals surface area contributed by atoms with Crippen LogP contribution < -0.4 is 10.9 Å². The summed E-state index contributed by atoms with van der Waals surface area (Å²) in [5.74, 6) is 0.918. The second-order valence-electron chi connectivity index (χ2n) is 5.81. The molecule has 4 heterocycles. The number of fused-ring (bicyclic) bond motifs is 3. The molecule has 0 bridgehead atoms. The molecular formula is C17H16N4O4. The van der Waals surface area contributed by atoms with E-state index >= 15 is 0 Å². The van der Waals surface area contributed by atoms with Crippen LogP contribution in [-0.4, -0.2) is 20.1 Å². The predicted octanol–water partition coefficient (Wildman–Crippen LogP) is 2.02. The SMILES string of the molecule is Cc1nn([C@@H](C)C(=O)NCc2ccco2)c(=O)c2cc3occc3n12. The highest BCUT2D eigenvalue weighted by Crippen LogP contribution is 2.20. The van der Waals surface area contributed by atoms with Crippen molar-refractivity contribution in [2.24, 2.45) is 0 Å². The number of carbonyl (C=O) groups excluding carboxylic acids is 1. The van der Waals surface area contributed by atoms with Crippen LogP contribution in [0.1, 0.15) is 24.6 Å². The van der Waals surface area contributed by atoms with E-state index in [1.807, 2.05) is 0 Å². The lowest BCUT2D eigenvalue weighted by Crippen LogP contribution is -2.37. The van der Waals surface area contributed by atoms with Crippen molar-refractivity contribution in [1.82, 2.24) is 19.5 Å². The second-order valence-corrected chi connectivity index (χ2v) is 5.81. The molecule has 4 rings (SSSR count). The van der Waals surface area contributed by atoms with Crippen LogP contribution in [-0.2, 0) is 11.3 Å². The van der Waals surface area contributed by atoms with Crippen molar-refractivity contribution in [2.45, 2.75) is 26.4 Å². The molecule has 128 valence electrons. The summed E-state index contributed by atoms with van der Waals surface area (Å²) in [7, 11) is 0. The fourth-order valence-electron chi connectivity index (χ4n) is 2.90. The van der Waals surface area contributed by atoms with Crippen molar-refractivity contribution >= 4 is 22.5 Å². The fourth-order valence-corrected chi connectivity index (χ4v) is 2.90. The van der Waals surface area contributed by atoms with Crippen LogP contribution in [0.2, 0.25) is 0 Å². The Morgan fingerprint density at radius 2 is 2.12 bits per heavy atom. The number of carbonyl (C=O) groups is 1. The molecule has 1 N–H and O–H groups in total. The van der Waals surface area contributed by atoms with Crippen LogP contribution in [0.4, 0.5) is 0 Å². The van der Waals surface area contributed by atoms with Gasteiger partial charge in [0, 0.05) is 12.1 Å².